The molecule has 0 aromatic heterocycles. The number of nitrogens with zero attached hydrogens (tertiary/aromatic N) is 1. The summed E-state index contributed by atoms with van der Waals surface area (Å²) >= 11 is 0. The van der Waals surface area contributed by atoms with Crippen LogP contribution in [0.25, 0.3) is 0 Å². The highest BCUT2D eigenvalue weighted by molar-refractivity contribution is 5.41. The third-order valence-corrected chi connectivity index (χ3v) is 3.65. The van der Waals surface area contributed by atoms with Gasteiger partial charge in [-0.3, -0.25) is 4.90 Å². The molecule has 2 rings (SSSR count). The van der Waals surface area contributed by atoms with Crippen molar-refractivity contribution in [1.29, 1.82) is 0 Å². The largest absolute Gasteiger partial charge is 0.497 e. The van der Waals surface area contributed by atoms with Gasteiger partial charge in [-0.1, -0.05) is 6.07 Å². The fraction of sp³-hybridized carbons (Fsp3) is 0.538. The molecule has 0 unspecified atom stereocenters. The summed E-state index contributed by atoms with van der Waals surface area (Å²) in [5.74, 6) is 0.956. The van der Waals surface area contributed by atoms with E-state index < -0.39 is 0 Å². The van der Waals surface area contributed by atoms with E-state index in [0.29, 0.717) is 0 Å². The van der Waals surface area contributed by atoms with Gasteiger partial charge in [0.1, 0.15) is 5.75 Å². The Morgan fingerprint density at radius 1 is 1.33 bits per heavy atom. The standard InChI is InChI=1S/C13H19NO/c1-13(2)12-9-11(15-4)6-5-10(12)7-8-14(13)3/h5-6,9H,7-8H2,1-4H3. The van der Waals surface area contributed by atoms with Crippen LogP contribution in [-0.4, -0.2) is 25.6 Å². The smallest absolute Gasteiger partial charge is 0.119 e. The van der Waals surface area contributed by atoms with Crippen LogP contribution in [0.5, 0.6) is 5.75 Å². The molecule has 0 saturated carbocycles. The van der Waals surface area contributed by atoms with Crippen LogP contribution >= 0.6 is 0 Å². The molecule has 15 heavy (non-hydrogen) atoms. The fourth-order valence-electron chi connectivity index (χ4n) is 2.24. The minimum atomic E-state index is 0.113. The number of likely N-dealkylation sites (N-methyl/N-ethyl adjacent to an activating group) is 1. The maximum Gasteiger partial charge on any atom is 0.119 e. The minimum absolute atomic E-state index is 0.113. The van der Waals surface area contributed by atoms with Crippen LogP contribution < -0.4 is 4.74 Å². The molecule has 0 saturated heterocycles. The van der Waals surface area contributed by atoms with E-state index in [1.54, 1.807) is 7.11 Å². The molecule has 0 radical (unpaired) electrons. The van der Waals surface area contributed by atoms with Crippen LogP contribution in [0.3, 0.4) is 0 Å². The highest BCUT2D eigenvalue weighted by Crippen LogP contribution is 2.35. The van der Waals surface area contributed by atoms with Crippen LogP contribution in [0.4, 0.5) is 0 Å². The van der Waals surface area contributed by atoms with Gasteiger partial charge in [0, 0.05) is 12.1 Å². The molecule has 2 heteroatoms. The molecule has 1 aromatic rings. The Morgan fingerprint density at radius 2 is 2.07 bits per heavy atom. The Morgan fingerprint density at radius 3 is 2.73 bits per heavy atom. The van der Waals surface area contributed by atoms with Crippen LogP contribution in [-0.2, 0) is 12.0 Å². The summed E-state index contributed by atoms with van der Waals surface area (Å²) in [5, 5.41) is 0. The molecule has 0 N–H and O–H groups in total. The Labute approximate surface area is 91.9 Å². The molecule has 1 aromatic carbocycles. The van der Waals surface area contributed by atoms with Gasteiger partial charge in [-0.25, -0.2) is 0 Å². The Balaban J connectivity index is 2.51. The normalized spacial score (nSPS) is 19.7. The zero-order valence-corrected chi connectivity index (χ0v) is 10.0. The van der Waals surface area contributed by atoms with Crippen molar-refractivity contribution in [2.75, 3.05) is 20.7 Å². The maximum absolute atomic E-state index is 5.29. The Kier molecular flexibility index (Phi) is 2.47. The van der Waals surface area contributed by atoms with Crippen LogP contribution in [0.15, 0.2) is 18.2 Å². The first-order valence-corrected chi connectivity index (χ1v) is 5.44. The molecule has 1 aliphatic heterocycles. The predicted octanol–water partition coefficient (Wildman–Crippen LogP) is 2.42. The number of hydrogen-bond donors (Lipinski definition) is 0. The highest BCUT2D eigenvalue weighted by atomic mass is 16.5. The van der Waals surface area contributed by atoms with E-state index in [1.807, 2.05) is 0 Å². The van der Waals surface area contributed by atoms with Gasteiger partial charge in [-0.2, -0.15) is 0 Å². The second kappa shape index (κ2) is 3.53. The van der Waals surface area contributed by atoms with E-state index in [1.165, 1.54) is 11.1 Å². The van der Waals surface area contributed by atoms with Crippen molar-refractivity contribution >= 4 is 0 Å². The van der Waals surface area contributed by atoms with Crippen molar-refractivity contribution in [1.82, 2.24) is 4.90 Å². The van der Waals surface area contributed by atoms with Crippen LogP contribution in [0.1, 0.15) is 25.0 Å². The van der Waals surface area contributed by atoms with Crippen LogP contribution in [0, 0.1) is 0 Å². The number of ether oxygens (including phenoxy) is 1. The lowest BCUT2D eigenvalue weighted by Crippen LogP contribution is -2.43. The summed E-state index contributed by atoms with van der Waals surface area (Å²) in [5.41, 5.74) is 2.97. The van der Waals surface area contributed by atoms with E-state index in [0.717, 1.165) is 18.7 Å². The summed E-state index contributed by atoms with van der Waals surface area (Å²) in [6, 6.07) is 6.42. The van der Waals surface area contributed by atoms with E-state index in [-0.39, 0.29) is 5.54 Å². The first-order valence-electron chi connectivity index (χ1n) is 5.44. The first kappa shape index (κ1) is 10.5. The lowest BCUT2D eigenvalue weighted by molar-refractivity contribution is 0.143. The molecule has 1 aliphatic rings. The predicted molar refractivity (Wildman–Crippen MR) is 62.4 cm³/mol. The number of hydrogen-bond acceptors (Lipinski definition) is 2. The number of benzene rings is 1. The molecule has 0 spiro atoms. The molecule has 0 amide bonds. The van der Waals surface area contributed by atoms with Crippen molar-refractivity contribution in [3.05, 3.63) is 29.3 Å². The van der Waals surface area contributed by atoms with Crippen molar-refractivity contribution < 1.29 is 4.74 Å². The Hall–Kier alpha value is -1.02. The molecule has 82 valence electrons. The maximum atomic E-state index is 5.29. The van der Waals surface area contributed by atoms with E-state index in [9.17, 15) is 0 Å². The van der Waals surface area contributed by atoms with Crippen LogP contribution in [0.2, 0.25) is 0 Å². The third-order valence-electron chi connectivity index (χ3n) is 3.65. The highest BCUT2D eigenvalue weighted by Gasteiger charge is 2.31. The molecule has 0 atom stereocenters. The van der Waals surface area contributed by atoms with Gasteiger partial charge in [0.2, 0.25) is 0 Å². The number of fused-ring (bicyclic) bond motifs is 1. The van der Waals surface area contributed by atoms with E-state index in [4.69, 9.17) is 4.74 Å². The number of methoxy groups -OCH3 is 1. The van der Waals surface area contributed by atoms with Gasteiger partial charge >= 0.3 is 0 Å². The van der Waals surface area contributed by atoms with Crippen molar-refractivity contribution in [2.45, 2.75) is 25.8 Å². The quantitative estimate of drug-likeness (QED) is 0.698. The van der Waals surface area contributed by atoms with Crippen molar-refractivity contribution in [2.24, 2.45) is 0 Å². The average Bonchev–Trinajstić information content (AvgIpc) is 2.24. The fourth-order valence-corrected chi connectivity index (χ4v) is 2.24. The van der Waals surface area contributed by atoms with Gasteiger partial charge in [-0.05, 0) is 50.6 Å². The topological polar surface area (TPSA) is 12.5 Å². The third kappa shape index (κ3) is 1.63. The van der Waals surface area contributed by atoms with E-state index in [2.05, 4.69) is 44.0 Å². The number of rotatable bonds is 1. The molecular formula is C13H19NO. The van der Waals surface area contributed by atoms with Gasteiger partial charge in [0.15, 0.2) is 0 Å². The van der Waals surface area contributed by atoms with Gasteiger partial charge in [0.25, 0.3) is 0 Å². The summed E-state index contributed by atoms with van der Waals surface area (Å²) in [6.07, 6.45) is 1.14. The molecule has 0 fully saturated rings. The van der Waals surface area contributed by atoms with Crippen molar-refractivity contribution in [3.63, 3.8) is 0 Å². The molecule has 0 aliphatic carbocycles. The summed E-state index contributed by atoms with van der Waals surface area (Å²) in [6.45, 7) is 5.67. The van der Waals surface area contributed by atoms with Gasteiger partial charge in [0.05, 0.1) is 7.11 Å². The zero-order valence-electron chi connectivity index (χ0n) is 10.0. The molecule has 2 nitrogen and oxygen atoms in total. The van der Waals surface area contributed by atoms with Gasteiger partial charge in [-0.15, -0.1) is 0 Å². The molecule has 1 heterocycles. The van der Waals surface area contributed by atoms with Crippen molar-refractivity contribution in [3.8, 4) is 5.75 Å². The lowest BCUT2D eigenvalue weighted by atomic mass is 9.84. The molecule has 0 bridgehead atoms. The monoisotopic (exact) mass is 205 g/mol. The van der Waals surface area contributed by atoms with E-state index >= 15 is 0 Å². The zero-order chi connectivity index (χ0) is 11.1. The summed E-state index contributed by atoms with van der Waals surface area (Å²) < 4.78 is 5.29. The molecular weight excluding hydrogens is 186 g/mol. The summed E-state index contributed by atoms with van der Waals surface area (Å²) in [7, 11) is 3.91. The summed E-state index contributed by atoms with van der Waals surface area (Å²) in [4.78, 5) is 2.40. The lowest BCUT2D eigenvalue weighted by Gasteiger charge is -2.41. The Bertz CT molecular complexity index is 371. The first-order chi connectivity index (χ1) is 7.05. The van der Waals surface area contributed by atoms with Gasteiger partial charge < -0.3 is 4.74 Å². The SMILES string of the molecule is COc1ccc2c(c1)C(C)(C)N(C)CC2. The second-order valence-corrected chi connectivity index (χ2v) is 4.75. The average molecular weight is 205 g/mol. The minimum Gasteiger partial charge on any atom is -0.497 e. The second-order valence-electron chi connectivity index (χ2n) is 4.75.